The maximum atomic E-state index is 11.6. The van der Waals surface area contributed by atoms with Crippen molar-refractivity contribution < 1.29 is 19.0 Å². The van der Waals surface area contributed by atoms with Crippen molar-refractivity contribution in [2.75, 3.05) is 21.3 Å². The van der Waals surface area contributed by atoms with Crippen molar-refractivity contribution >= 4 is 40.1 Å². The Bertz CT molecular complexity index is 688. The molecule has 1 aromatic heterocycles. The number of esters is 1. The lowest BCUT2D eigenvalue weighted by Crippen LogP contribution is -2.05. The zero-order valence-corrected chi connectivity index (χ0v) is 12.5. The lowest BCUT2D eigenvalue weighted by Gasteiger charge is -2.12. The molecule has 0 aliphatic rings. The van der Waals surface area contributed by atoms with Crippen LogP contribution in [-0.4, -0.2) is 32.3 Å². The number of pyridine rings is 1. The maximum Gasteiger partial charge on any atom is 0.356 e. The van der Waals surface area contributed by atoms with Crippen LogP contribution in [0.15, 0.2) is 12.1 Å². The molecular weight excluding hydrogens is 305 g/mol. The standard InChI is InChI=1S/C13H11Cl2NO4/c1-18-8-5-9(19-2)12-10(11(8)15)6(14)4-7(16-12)13(17)20-3/h4-5H,1-3H3. The van der Waals surface area contributed by atoms with Gasteiger partial charge in [-0.15, -0.1) is 0 Å². The van der Waals surface area contributed by atoms with Gasteiger partial charge in [0, 0.05) is 11.5 Å². The van der Waals surface area contributed by atoms with Crippen LogP contribution in [0, 0.1) is 0 Å². The first-order valence-corrected chi connectivity index (χ1v) is 6.28. The first-order chi connectivity index (χ1) is 9.53. The third-order valence-corrected chi connectivity index (χ3v) is 3.41. The summed E-state index contributed by atoms with van der Waals surface area (Å²) >= 11 is 12.4. The van der Waals surface area contributed by atoms with E-state index in [2.05, 4.69) is 9.72 Å². The summed E-state index contributed by atoms with van der Waals surface area (Å²) in [5.41, 5.74) is 0.440. The number of benzene rings is 1. The van der Waals surface area contributed by atoms with Gasteiger partial charge in [0.05, 0.1) is 31.4 Å². The summed E-state index contributed by atoms with van der Waals surface area (Å²) in [5.74, 6) is 0.210. The summed E-state index contributed by atoms with van der Waals surface area (Å²) in [6.07, 6.45) is 0. The van der Waals surface area contributed by atoms with E-state index in [9.17, 15) is 4.79 Å². The van der Waals surface area contributed by atoms with Crippen LogP contribution in [0.1, 0.15) is 10.5 Å². The minimum atomic E-state index is -0.595. The van der Waals surface area contributed by atoms with Crippen molar-refractivity contribution in [1.82, 2.24) is 4.98 Å². The Hall–Kier alpha value is -1.72. The van der Waals surface area contributed by atoms with Crippen molar-refractivity contribution in [2.45, 2.75) is 0 Å². The van der Waals surface area contributed by atoms with Crippen LogP contribution in [0.4, 0.5) is 0 Å². The average molecular weight is 316 g/mol. The predicted molar refractivity (Wildman–Crippen MR) is 76.2 cm³/mol. The Morgan fingerprint density at radius 1 is 1.10 bits per heavy atom. The van der Waals surface area contributed by atoms with Crippen LogP contribution >= 0.6 is 23.2 Å². The Morgan fingerprint density at radius 3 is 2.30 bits per heavy atom. The minimum absolute atomic E-state index is 0.0736. The van der Waals surface area contributed by atoms with E-state index in [4.69, 9.17) is 32.7 Å². The molecule has 1 heterocycles. The lowest BCUT2D eigenvalue weighted by atomic mass is 10.1. The predicted octanol–water partition coefficient (Wildman–Crippen LogP) is 3.35. The van der Waals surface area contributed by atoms with Crippen molar-refractivity contribution in [2.24, 2.45) is 0 Å². The second-order valence-electron chi connectivity index (χ2n) is 3.80. The molecule has 0 atom stereocenters. The SMILES string of the molecule is COC(=O)c1cc(Cl)c2c(Cl)c(OC)cc(OC)c2n1. The van der Waals surface area contributed by atoms with Gasteiger partial charge in [-0.2, -0.15) is 0 Å². The zero-order valence-electron chi connectivity index (χ0n) is 11.0. The van der Waals surface area contributed by atoms with E-state index < -0.39 is 5.97 Å². The number of fused-ring (bicyclic) bond motifs is 1. The molecular formula is C13H11Cl2NO4. The van der Waals surface area contributed by atoms with Gasteiger partial charge in [-0.3, -0.25) is 0 Å². The summed E-state index contributed by atoms with van der Waals surface area (Å²) in [4.78, 5) is 15.8. The molecule has 0 saturated carbocycles. The van der Waals surface area contributed by atoms with E-state index >= 15 is 0 Å². The number of methoxy groups -OCH3 is 3. The van der Waals surface area contributed by atoms with Gasteiger partial charge in [0.25, 0.3) is 0 Å². The molecule has 2 rings (SSSR count). The van der Waals surface area contributed by atoms with Crippen molar-refractivity contribution in [3.63, 3.8) is 0 Å². The molecule has 106 valence electrons. The first-order valence-electron chi connectivity index (χ1n) is 5.52. The Balaban J connectivity index is 2.86. The Morgan fingerprint density at radius 2 is 1.75 bits per heavy atom. The molecule has 20 heavy (non-hydrogen) atoms. The van der Waals surface area contributed by atoms with Gasteiger partial charge in [0.1, 0.15) is 17.0 Å². The highest BCUT2D eigenvalue weighted by molar-refractivity contribution is 6.43. The summed E-state index contributed by atoms with van der Waals surface area (Å²) in [7, 11) is 4.22. The number of nitrogens with zero attached hydrogens (tertiary/aromatic N) is 1. The topological polar surface area (TPSA) is 57.7 Å². The normalized spacial score (nSPS) is 10.4. The number of carbonyl (C=O) groups is 1. The summed E-state index contributed by atoms with van der Waals surface area (Å²) in [5, 5.41) is 1.02. The lowest BCUT2D eigenvalue weighted by molar-refractivity contribution is 0.0594. The van der Waals surface area contributed by atoms with Crippen molar-refractivity contribution in [1.29, 1.82) is 0 Å². The molecule has 0 N–H and O–H groups in total. The molecule has 1 aromatic carbocycles. The summed E-state index contributed by atoms with van der Waals surface area (Å²) in [6, 6.07) is 2.97. The molecule has 0 aliphatic carbocycles. The second-order valence-corrected chi connectivity index (χ2v) is 4.58. The van der Waals surface area contributed by atoms with Gasteiger partial charge in [0.15, 0.2) is 5.69 Å². The minimum Gasteiger partial charge on any atom is -0.495 e. The fourth-order valence-electron chi connectivity index (χ4n) is 1.79. The number of ether oxygens (including phenoxy) is 3. The van der Waals surface area contributed by atoms with E-state index in [1.165, 1.54) is 27.4 Å². The molecule has 0 unspecified atom stereocenters. The fourth-order valence-corrected chi connectivity index (χ4v) is 2.45. The fraction of sp³-hybridized carbons (Fsp3) is 0.231. The number of aromatic nitrogens is 1. The smallest absolute Gasteiger partial charge is 0.356 e. The average Bonchev–Trinajstić information content (AvgIpc) is 2.46. The highest BCUT2D eigenvalue weighted by Crippen LogP contribution is 2.41. The summed E-state index contributed by atoms with van der Waals surface area (Å²) < 4.78 is 15.0. The molecule has 0 amide bonds. The van der Waals surface area contributed by atoms with Gasteiger partial charge in [-0.05, 0) is 6.07 Å². The van der Waals surface area contributed by atoms with Gasteiger partial charge in [-0.1, -0.05) is 23.2 Å². The number of carbonyl (C=O) groups excluding carboxylic acids is 1. The highest BCUT2D eigenvalue weighted by atomic mass is 35.5. The van der Waals surface area contributed by atoms with Gasteiger partial charge in [-0.25, -0.2) is 9.78 Å². The first kappa shape index (κ1) is 14.7. The molecule has 2 aromatic rings. The van der Waals surface area contributed by atoms with Gasteiger partial charge < -0.3 is 14.2 Å². The molecule has 0 fully saturated rings. The van der Waals surface area contributed by atoms with E-state index in [1.807, 2.05) is 0 Å². The molecule has 0 spiro atoms. The monoisotopic (exact) mass is 315 g/mol. The van der Waals surface area contributed by atoms with Crippen LogP contribution in [0.3, 0.4) is 0 Å². The molecule has 7 heteroatoms. The van der Waals surface area contributed by atoms with E-state index in [1.54, 1.807) is 6.07 Å². The van der Waals surface area contributed by atoms with Crippen LogP contribution in [0.5, 0.6) is 11.5 Å². The van der Waals surface area contributed by atoms with Gasteiger partial charge in [0.2, 0.25) is 0 Å². The number of hydrogen-bond donors (Lipinski definition) is 0. The summed E-state index contributed by atoms with van der Waals surface area (Å²) in [6.45, 7) is 0. The highest BCUT2D eigenvalue weighted by Gasteiger charge is 2.19. The Labute approximate surface area is 125 Å². The van der Waals surface area contributed by atoms with Crippen LogP contribution in [0.25, 0.3) is 10.9 Å². The maximum absolute atomic E-state index is 11.6. The zero-order chi connectivity index (χ0) is 14.9. The quantitative estimate of drug-likeness (QED) is 0.813. The molecule has 0 saturated heterocycles. The van der Waals surface area contributed by atoms with Crippen molar-refractivity contribution in [3.8, 4) is 11.5 Å². The number of rotatable bonds is 3. The van der Waals surface area contributed by atoms with E-state index in [0.29, 0.717) is 27.4 Å². The molecule has 0 radical (unpaired) electrons. The number of halogens is 2. The van der Waals surface area contributed by atoms with E-state index in [-0.39, 0.29) is 10.7 Å². The van der Waals surface area contributed by atoms with E-state index in [0.717, 1.165) is 0 Å². The second kappa shape index (κ2) is 5.73. The van der Waals surface area contributed by atoms with Crippen LogP contribution < -0.4 is 9.47 Å². The van der Waals surface area contributed by atoms with Gasteiger partial charge >= 0.3 is 5.97 Å². The largest absolute Gasteiger partial charge is 0.495 e. The molecule has 0 bridgehead atoms. The third kappa shape index (κ3) is 2.34. The number of hydrogen-bond acceptors (Lipinski definition) is 5. The molecule has 0 aliphatic heterocycles. The van der Waals surface area contributed by atoms with Crippen LogP contribution in [-0.2, 0) is 4.74 Å². The van der Waals surface area contributed by atoms with Crippen molar-refractivity contribution in [3.05, 3.63) is 27.9 Å². The Kier molecular flexibility index (Phi) is 4.20. The molecule has 5 nitrogen and oxygen atoms in total. The third-order valence-electron chi connectivity index (χ3n) is 2.74. The van der Waals surface area contributed by atoms with Crippen LogP contribution in [0.2, 0.25) is 10.0 Å².